The molecule has 0 spiro atoms. The average Bonchev–Trinajstić information content (AvgIpc) is 2.51. The van der Waals surface area contributed by atoms with Gasteiger partial charge in [-0.05, 0) is 49.9 Å². The van der Waals surface area contributed by atoms with E-state index in [1.165, 1.54) is 0 Å². The second kappa shape index (κ2) is 9.27. The molecule has 0 aliphatic rings. The fourth-order valence-electron chi connectivity index (χ4n) is 2.38. The minimum atomic E-state index is -0.870. The number of nitrogens with two attached hydrogens (primary N) is 1. The van der Waals surface area contributed by atoms with Crippen LogP contribution in [0, 0.1) is 5.92 Å². The van der Waals surface area contributed by atoms with E-state index < -0.39 is 11.5 Å². The van der Waals surface area contributed by atoms with Gasteiger partial charge in [-0.1, -0.05) is 20.8 Å². The topological polar surface area (TPSA) is 90.7 Å². The molecule has 1 aromatic rings. The highest BCUT2D eigenvalue weighted by Gasteiger charge is 2.34. The molecular formula is C18H28N2O4. The van der Waals surface area contributed by atoms with Crippen molar-refractivity contribution in [1.29, 1.82) is 0 Å². The van der Waals surface area contributed by atoms with Crippen LogP contribution in [-0.2, 0) is 14.3 Å². The van der Waals surface area contributed by atoms with Crippen molar-refractivity contribution >= 4 is 17.5 Å². The molecule has 0 aliphatic heterocycles. The number of anilines is 1. The Hall–Kier alpha value is -2.08. The van der Waals surface area contributed by atoms with Crippen molar-refractivity contribution in [3.05, 3.63) is 24.3 Å². The summed E-state index contributed by atoms with van der Waals surface area (Å²) in [5.41, 5.74) is 4.80. The zero-order chi connectivity index (χ0) is 18.2. The van der Waals surface area contributed by atoms with E-state index in [4.69, 9.17) is 15.2 Å². The molecule has 24 heavy (non-hydrogen) atoms. The van der Waals surface area contributed by atoms with Crippen LogP contribution in [0.5, 0.6) is 5.75 Å². The molecule has 134 valence electrons. The van der Waals surface area contributed by atoms with Crippen LogP contribution < -0.4 is 15.8 Å². The van der Waals surface area contributed by atoms with Crippen LogP contribution in [0.25, 0.3) is 0 Å². The third kappa shape index (κ3) is 6.58. The molecule has 6 heteroatoms. The van der Waals surface area contributed by atoms with E-state index in [1.54, 1.807) is 24.3 Å². The molecular weight excluding hydrogens is 308 g/mol. The Balaban J connectivity index is 2.73. The molecule has 0 bridgehead atoms. The van der Waals surface area contributed by atoms with Gasteiger partial charge in [-0.15, -0.1) is 0 Å². The van der Waals surface area contributed by atoms with Gasteiger partial charge in [0.05, 0.1) is 0 Å². The van der Waals surface area contributed by atoms with Gasteiger partial charge < -0.3 is 20.5 Å². The summed E-state index contributed by atoms with van der Waals surface area (Å²) in [7, 11) is 0. The Labute approximate surface area is 143 Å². The minimum Gasteiger partial charge on any atom is -0.484 e. The summed E-state index contributed by atoms with van der Waals surface area (Å²) >= 11 is 0. The number of primary amides is 1. The number of hydrogen-bond acceptors (Lipinski definition) is 4. The monoisotopic (exact) mass is 336 g/mol. The maximum Gasteiger partial charge on any atom is 0.256 e. The Bertz CT molecular complexity index is 542. The summed E-state index contributed by atoms with van der Waals surface area (Å²) in [4.78, 5) is 23.3. The SMILES string of the molecule is CCCO[C@](C)(CC(C)C)C(=O)Nc1ccc(OCC(N)=O)cc1. The van der Waals surface area contributed by atoms with Gasteiger partial charge in [-0.2, -0.15) is 0 Å². The fraction of sp³-hybridized carbons (Fsp3) is 0.556. The van der Waals surface area contributed by atoms with Gasteiger partial charge >= 0.3 is 0 Å². The number of carbonyl (C=O) groups excluding carboxylic acids is 2. The van der Waals surface area contributed by atoms with E-state index in [0.29, 0.717) is 30.4 Å². The molecule has 0 heterocycles. The van der Waals surface area contributed by atoms with Gasteiger partial charge in [0.25, 0.3) is 11.8 Å². The van der Waals surface area contributed by atoms with Crippen molar-refractivity contribution in [1.82, 2.24) is 0 Å². The molecule has 0 aromatic heterocycles. The van der Waals surface area contributed by atoms with Crippen molar-refractivity contribution in [3.8, 4) is 5.75 Å². The predicted molar refractivity (Wildman–Crippen MR) is 93.9 cm³/mol. The zero-order valence-corrected chi connectivity index (χ0v) is 14.9. The van der Waals surface area contributed by atoms with Crippen molar-refractivity contribution < 1.29 is 19.1 Å². The van der Waals surface area contributed by atoms with Gasteiger partial charge in [0, 0.05) is 12.3 Å². The van der Waals surface area contributed by atoms with Gasteiger partial charge in [0.15, 0.2) is 6.61 Å². The molecule has 6 nitrogen and oxygen atoms in total. The van der Waals surface area contributed by atoms with Crippen LogP contribution in [-0.4, -0.2) is 30.6 Å². The number of benzene rings is 1. The maximum atomic E-state index is 12.6. The van der Waals surface area contributed by atoms with E-state index in [0.717, 1.165) is 6.42 Å². The molecule has 1 aromatic carbocycles. The molecule has 1 rings (SSSR count). The number of amides is 2. The van der Waals surface area contributed by atoms with E-state index in [2.05, 4.69) is 19.2 Å². The number of hydrogen-bond donors (Lipinski definition) is 2. The van der Waals surface area contributed by atoms with Crippen molar-refractivity contribution in [3.63, 3.8) is 0 Å². The summed E-state index contributed by atoms with van der Waals surface area (Å²) in [6, 6.07) is 6.77. The first-order valence-corrected chi connectivity index (χ1v) is 8.23. The smallest absolute Gasteiger partial charge is 0.256 e. The Kier molecular flexibility index (Phi) is 7.71. The van der Waals surface area contributed by atoms with E-state index in [9.17, 15) is 9.59 Å². The predicted octanol–water partition coefficient (Wildman–Crippen LogP) is 2.72. The van der Waals surface area contributed by atoms with Crippen LogP contribution in [0.15, 0.2) is 24.3 Å². The Morgan fingerprint density at radius 3 is 2.38 bits per heavy atom. The summed E-state index contributed by atoms with van der Waals surface area (Å²) in [6.45, 7) is 8.32. The van der Waals surface area contributed by atoms with Crippen molar-refractivity contribution in [2.24, 2.45) is 11.7 Å². The molecule has 2 amide bonds. The second-order valence-electron chi connectivity index (χ2n) is 6.41. The van der Waals surface area contributed by atoms with Crippen molar-refractivity contribution in [2.75, 3.05) is 18.5 Å². The number of rotatable bonds is 10. The van der Waals surface area contributed by atoms with Gasteiger partial charge in [-0.3, -0.25) is 9.59 Å². The third-order valence-corrected chi connectivity index (χ3v) is 3.40. The van der Waals surface area contributed by atoms with Crippen LogP contribution in [0.2, 0.25) is 0 Å². The lowest BCUT2D eigenvalue weighted by Crippen LogP contribution is -2.44. The number of carbonyl (C=O) groups is 2. The zero-order valence-electron chi connectivity index (χ0n) is 14.9. The van der Waals surface area contributed by atoms with E-state index >= 15 is 0 Å². The first-order valence-electron chi connectivity index (χ1n) is 8.23. The van der Waals surface area contributed by atoms with Crippen molar-refractivity contribution in [2.45, 2.75) is 46.1 Å². The summed E-state index contributed by atoms with van der Waals surface area (Å²) in [6.07, 6.45) is 1.49. The molecule has 0 saturated carbocycles. The van der Waals surface area contributed by atoms with Crippen LogP contribution in [0.1, 0.15) is 40.5 Å². The van der Waals surface area contributed by atoms with Crippen LogP contribution in [0.3, 0.4) is 0 Å². The highest BCUT2D eigenvalue weighted by Crippen LogP contribution is 2.24. The van der Waals surface area contributed by atoms with Gasteiger partial charge in [0.1, 0.15) is 11.4 Å². The molecule has 0 fully saturated rings. The molecule has 0 saturated heterocycles. The summed E-state index contributed by atoms with van der Waals surface area (Å²) in [5, 5.41) is 2.88. The Morgan fingerprint density at radius 2 is 1.88 bits per heavy atom. The maximum absolute atomic E-state index is 12.6. The lowest BCUT2D eigenvalue weighted by atomic mass is 9.93. The number of ether oxygens (including phenoxy) is 2. The number of nitrogens with one attached hydrogen (secondary N) is 1. The van der Waals surface area contributed by atoms with Crippen LogP contribution >= 0.6 is 0 Å². The quantitative estimate of drug-likeness (QED) is 0.687. The first-order chi connectivity index (χ1) is 11.3. The molecule has 1 atom stereocenters. The van der Waals surface area contributed by atoms with E-state index in [1.807, 2.05) is 13.8 Å². The average molecular weight is 336 g/mol. The highest BCUT2D eigenvalue weighted by molar-refractivity contribution is 5.97. The minimum absolute atomic E-state index is 0.171. The summed E-state index contributed by atoms with van der Waals surface area (Å²) < 4.78 is 11.0. The second-order valence-corrected chi connectivity index (χ2v) is 6.41. The molecule has 0 aliphatic carbocycles. The standard InChI is InChI=1S/C18H28N2O4/c1-5-10-24-18(4,11-13(2)3)17(22)20-14-6-8-15(9-7-14)23-12-16(19)21/h6-9,13H,5,10-12H2,1-4H3,(H2,19,21)(H,20,22)/t18-/m1/s1. The fourth-order valence-corrected chi connectivity index (χ4v) is 2.38. The molecule has 0 radical (unpaired) electrons. The summed E-state index contributed by atoms with van der Waals surface area (Å²) in [5.74, 6) is 0.140. The first kappa shape index (κ1) is 20.0. The highest BCUT2D eigenvalue weighted by atomic mass is 16.5. The lowest BCUT2D eigenvalue weighted by Gasteiger charge is -2.30. The molecule has 0 unspecified atom stereocenters. The van der Waals surface area contributed by atoms with Gasteiger partial charge in [0.2, 0.25) is 0 Å². The lowest BCUT2D eigenvalue weighted by molar-refractivity contribution is -0.141. The largest absolute Gasteiger partial charge is 0.484 e. The van der Waals surface area contributed by atoms with E-state index in [-0.39, 0.29) is 12.5 Å². The normalized spacial score (nSPS) is 13.4. The van der Waals surface area contributed by atoms with Gasteiger partial charge in [-0.25, -0.2) is 0 Å². The Morgan fingerprint density at radius 1 is 1.25 bits per heavy atom. The van der Waals surface area contributed by atoms with Crippen LogP contribution in [0.4, 0.5) is 5.69 Å². The molecule has 3 N–H and O–H groups in total. The third-order valence-electron chi connectivity index (χ3n) is 3.40.